The molecule has 0 spiro atoms. The van der Waals surface area contributed by atoms with E-state index in [-0.39, 0.29) is 6.10 Å². The number of rotatable bonds is 1. The van der Waals surface area contributed by atoms with E-state index in [1.54, 1.807) is 7.11 Å². The summed E-state index contributed by atoms with van der Waals surface area (Å²) < 4.78 is 7.64. The number of fused-ring (bicyclic) bond motifs is 5. The van der Waals surface area contributed by atoms with Crippen LogP contribution < -0.4 is 0 Å². The van der Waals surface area contributed by atoms with Crippen molar-refractivity contribution in [2.24, 2.45) is 7.05 Å². The van der Waals surface area contributed by atoms with Crippen LogP contribution in [0.2, 0.25) is 0 Å². The summed E-state index contributed by atoms with van der Waals surface area (Å²) in [6.45, 7) is 8.00. The number of ether oxygens (including phenoxy) is 1. The van der Waals surface area contributed by atoms with E-state index in [2.05, 4.69) is 52.8 Å². The van der Waals surface area contributed by atoms with Crippen molar-refractivity contribution in [3.05, 3.63) is 59.7 Å². The lowest BCUT2D eigenvalue weighted by Crippen LogP contribution is -2.11. The molecule has 0 amide bonds. The molecule has 1 atom stereocenters. The molecular formula is C22H29N3O. The Hall–Kier alpha value is -2.46. The predicted molar refractivity (Wildman–Crippen MR) is 108 cm³/mol. The van der Waals surface area contributed by atoms with E-state index in [1.165, 1.54) is 11.1 Å². The fourth-order valence-corrected chi connectivity index (χ4v) is 3.28. The standard InChI is InChI=1S/C18H17N3O.2C2H6/c1-21-18-15-10-6-5-9-14(15)16(22-2)11-12-7-3-4-8-13(12)17(18)19-20-21;2*1-2/h3-10,16H,11H2,1-2H3;2*1-2H3. The summed E-state index contributed by atoms with van der Waals surface area (Å²) in [7, 11) is 3.71. The molecule has 0 saturated carbocycles. The second-order valence-corrected chi connectivity index (χ2v) is 5.58. The van der Waals surface area contributed by atoms with Gasteiger partial charge in [-0.25, -0.2) is 4.68 Å². The number of aryl methyl sites for hydroxylation is 1. The molecule has 0 fully saturated rings. The predicted octanol–water partition coefficient (Wildman–Crippen LogP) is 5.45. The van der Waals surface area contributed by atoms with Gasteiger partial charge in [-0.3, -0.25) is 0 Å². The Morgan fingerprint density at radius 3 is 2.23 bits per heavy atom. The van der Waals surface area contributed by atoms with E-state index in [9.17, 15) is 0 Å². The van der Waals surface area contributed by atoms with E-state index < -0.39 is 0 Å². The molecule has 0 saturated heterocycles. The lowest BCUT2D eigenvalue weighted by atomic mass is 9.87. The Morgan fingerprint density at radius 1 is 0.923 bits per heavy atom. The van der Waals surface area contributed by atoms with E-state index >= 15 is 0 Å². The normalized spacial score (nSPS) is 14.2. The molecule has 1 aliphatic carbocycles. The fourth-order valence-electron chi connectivity index (χ4n) is 3.28. The summed E-state index contributed by atoms with van der Waals surface area (Å²) in [4.78, 5) is 0. The molecule has 1 aliphatic rings. The molecule has 3 aromatic rings. The van der Waals surface area contributed by atoms with Gasteiger partial charge in [0, 0.05) is 31.7 Å². The number of methoxy groups -OCH3 is 1. The molecule has 1 heterocycles. The molecule has 4 rings (SSSR count). The van der Waals surface area contributed by atoms with Crippen molar-refractivity contribution in [3.63, 3.8) is 0 Å². The van der Waals surface area contributed by atoms with Gasteiger partial charge in [-0.05, 0) is 11.1 Å². The van der Waals surface area contributed by atoms with Gasteiger partial charge in [0.1, 0.15) is 5.69 Å². The first-order valence-corrected chi connectivity index (χ1v) is 9.39. The smallest absolute Gasteiger partial charge is 0.121 e. The zero-order valence-electron chi connectivity index (χ0n) is 16.7. The van der Waals surface area contributed by atoms with Gasteiger partial charge in [0.25, 0.3) is 0 Å². The first-order valence-electron chi connectivity index (χ1n) is 9.39. The zero-order chi connectivity index (χ0) is 19.1. The highest BCUT2D eigenvalue weighted by Gasteiger charge is 2.26. The largest absolute Gasteiger partial charge is 0.376 e. The molecule has 0 radical (unpaired) electrons. The first-order chi connectivity index (χ1) is 12.8. The third kappa shape index (κ3) is 3.56. The van der Waals surface area contributed by atoms with Crippen LogP contribution in [0.1, 0.15) is 44.9 Å². The monoisotopic (exact) mass is 351 g/mol. The highest BCUT2D eigenvalue weighted by molar-refractivity contribution is 5.82. The van der Waals surface area contributed by atoms with Crippen molar-refractivity contribution in [1.29, 1.82) is 0 Å². The number of benzene rings is 2. The van der Waals surface area contributed by atoms with Crippen molar-refractivity contribution < 1.29 is 4.74 Å². The molecule has 4 heteroatoms. The lowest BCUT2D eigenvalue weighted by molar-refractivity contribution is 0.104. The number of hydrogen-bond acceptors (Lipinski definition) is 3. The molecule has 2 aromatic carbocycles. The average Bonchev–Trinajstić information content (AvgIpc) is 3.09. The van der Waals surface area contributed by atoms with Crippen LogP contribution in [-0.2, 0) is 18.2 Å². The summed E-state index contributed by atoms with van der Waals surface area (Å²) in [5.74, 6) is 0. The van der Waals surface area contributed by atoms with Crippen LogP contribution in [-0.4, -0.2) is 22.1 Å². The second-order valence-electron chi connectivity index (χ2n) is 5.58. The van der Waals surface area contributed by atoms with Crippen molar-refractivity contribution in [1.82, 2.24) is 15.0 Å². The van der Waals surface area contributed by atoms with Gasteiger partial charge in [0.2, 0.25) is 0 Å². The van der Waals surface area contributed by atoms with Crippen LogP contribution in [0.25, 0.3) is 22.5 Å². The molecule has 0 N–H and O–H groups in total. The Bertz CT molecular complexity index is 839. The van der Waals surface area contributed by atoms with Crippen LogP contribution in [0.4, 0.5) is 0 Å². The van der Waals surface area contributed by atoms with E-state index in [0.29, 0.717) is 0 Å². The van der Waals surface area contributed by atoms with Crippen LogP contribution >= 0.6 is 0 Å². The van der Waals surface area contributed by atoms with Gasteiger partial charge in [-0.15, -0.1) is 5.10 Å². The van der Waals surface area contributed by atoms with Gasteiger partial charge < -0.3 is 4.74 Å². The summed E-state index contributed by atoms with van der Waals surface area (Å²) in [6, 6.07) is 16.7. The molecule has 26 heavy (non-hydrogen) atoms. The Labute approximate surface area is 156 Å². The van der Waals surface area contributed by atoms with Crippen LogP contribution in [0.15, 0.2) is 48.5 Å². The van der Waals surface area contributed by atoms with Crippen molar-refractivity contribution in [3.8, 4) is 22.5 Å². The summed E-state index contributed by atoms with van der Waals surface area (Å²) >= 11 is 0. The first kappa shape index (κ1) is 19.9. The third-order valence-electron chi connectivity index (χ3n) is 4.35. The Kier molecular flexibility index (Phi) is 7.10. The maximum atomic E-state index is 5.79. The van der Waals surface area contributed by atoms with Crippen molar-refractivity contribution in [2.75, 3.05) is 7.11 Å². The average molecular weight is 351 g/mol. The molecule has 0 bridgehead atoms. The highest BCUT2D eigenvalue weighted by Crippen LogP contribution is 2.40. The highest BCUT2D eigenvalue weighted by atomic mass is 16.5. The van der Waals surface area contributed by atoms with Gasteiger partial charge in [-0.1, -0.05) is 81.4 Å². The molecule has 138 valence electrons. The molecule has 1 aromatic heterocycles. The van der Waals surface area contributed by atoms with Crippen molar-refractivity contribution in [2.45, 2.75) is 40.2 Å². The zero-order valence-corrected chi connectivity index (χ0v) is 16.7. The summed E-state index contributed by atoms with van der Waals surface area (Å²) in [5.41, 5.74) is 6.70. The summed E-state index contributed by atoms with van der Waals surface area (Å²) in [6.07, 6.45) is 0.861. The summed E-state index contributed by atoms with van der Waals surface area (Å²) in [5, 5.41) is 8.68. The maximum Gasteiger partial charge on any atom is 0.121 e. The van der Waals surface area contributed by atoms with Gasteiger partial charge in [0.15, 0.2) is 0 Å². The fraction of sp³-hybridized carbons (Fsp3) is 0.364. The number of aromatic nitrogens is 3. The lowest BCUT2D eigenvalue weighted by Gasteiger charge is -2.23. The minimum atomic E-state index is 0.0281. The molecular weight excluding hydrogens is 322 g/mol. The van der Waals surface area contributed by atoms with E-state index in [1.807, 2.05) is 45.5 Å². The van der Waals surface area contributed by atoms with Crippen LogP contribution in [0.3, 0.4) is 0 Å². The van der Waals surface area contributed by atoms with Gasteiger partial charge >= 0.3 is 0 Å². The second kappa shape index (κ2) is 9.30. The SMILES string of the molecule is CC.CC.COC1Cc2ccccc2-c2nnn(C)c2-c2ccccc21. The molecule has 4 nitrogen and oxygen atoms in total. The van der Waals surface area contributed by atoms with E-state index in [0.717, 1.165) is 28.9 Å². The topological polar surface area (TPSA) is 39.9 Å². The third-order valence-corrected chi connectivity index (χ3v) is 4.35. The minimum Gasteiger partial charge on any atom is -0.376 e. The van der Waals surface area contributed by atoms with Gasteiger partial charge in [0.05, 0.1) is 11.8 Å². The maximum absolute atomic E-state index is 5.79. The van der Waals surface area contributed by atoms with E-state index in [4.69, 9.17) is 4.74 Å². The quantitative estimate of drug-likeness (QED) is 0.585. The Balaban J connectivity index is 0.000000570. The molecule has 0 aliphatic heterocycles. The number of hydrogen-bond donors (Lipinski definition) is 0. The molecule has 1 unspecified atom stereocenters. The Morgan fingerprint density at radius 2 is 1.54 bits per heavy atom. The minimum absolute atomic E-state index is 0.0281. The van der Waals surface area contributed by atoms with Crippen molar-refractivity contribution >= 4 is 0 Å². The van der Waals surface area contributed by atoms with Crippen LogP contribution in [0.5, 0.6) is 0 Å². The number of nitrogens with zero attached hydrogens (tertiary/aromatic N) is 3. The van der Waals surface area contributed by atoms with Crippen LogP contribution in [0, 0.1) is 0 Å². The van der Waals surface area contributed by atoms with Gasteiger partial charge in [-0.2, -0.15) is 0 Å².